The van der Waals surface area contributed by atoms with Crippen molar-refractivity contribution in [3.63, 3.8) is 0 Å². The summed E-state index contributed by atoms with van der Waals surface area (Å²) in [5.41, 5.74) is 0. The molecular weight excluding hydrogens is 216 g/mol. The summed E-state index contributed by atoms with van der Waals surface area (Å²) >= 11 is 0. The first-order valence-corrected chi connectivity index (χ1v) is 6.54. The molecule has 0 spiro atoms. The number of carbonyl (C=O) groups excluding carboxylic acids is 2. The van der Waals surface area contributed by atoms with Gasteiger partial charge in [-0.25, -0.2) is 0 Å². The summed E-state index contributed by atoms with van der Waals surface area (Å²) in [6, 6.07) is 0. The predicted octanol–water partition coefficient (Wildman–Crippen LogP) is 1.70. The zero-order chi connectivity index (χ0) is 13.3. The van der Waals surface area contributed by atoms with Gasteiger partial charge in [0.1, 0.15) is 0 Å². The number of carbonyl (C=O) groups is 2. The van der Waals surface area contributed by atoms with Gasteiger partial charge in [-0.05, 0) is 19.3 Å². The summed E-state index contributed by atoms with van der Waals surface area (Å²) in [6.45, 7) is 9.10. The van der Waals surface area contributed by atoms with Crippen molar-refractivity contribution in [2.75, 3.05) is 13.1 Å². The number of rotatable bonds is 8. The average Bonchev–Trinajstić information content (AvgIpc) is 2.30. The molecule has 0 aromatic heterocycles. The van der Waals surface area contributed by atoms with Crippen LogP contribution >= 0.6 is 0 Å². The van der Waals surface area contributed by atoms with E-state index in [0.717, 1.165) is 25.8 Å². The molecule has 0 aliphatic rings. The molecule has 2 amide bonds. The van der Waals surface area contributed by atoms with E-state index in [1.54, 1.807) is 0 Å². The highest BCUT2D eigenvalue weighted by Crippen LogP contribution is 2.05. The molecule has 1 atom stereocenters. The second-order valence-corrected chi connectivity index (χ2v) is 4.78. The summed E-state index contributed by atoms with van der Waals surface area (Å²) in [5.74, 6) is 0.243. The quantitative estimate of drug-likeness (QED) is 0.636. The minimum atomic E-state index is 0.0255. The molecule has 0 fully saturated rings. The monoisotopic (exact) mass is 242 g/mol. The summed E-state index contributed by atoms with van der Waals surface area (Å²) < 4.78 is 0. The Balaban J connectivity index is 3.60. The van der Waals surface area contributed by atoms with E-state index in [1.807, 2.05) is 27.7 Å². The first-order valence-electron chi connectivity index (χ1n) is 6.54. The Morgan fingerprint density at radius 3 is 2.12 bits per heavy atom. The van der Waals surface area contributed by atoms with Crippen LogP contribution in [0.4, 0.5) is 0 Å². The lowest BCUT2D eigenvalue weighted by atomic mass is 10.0. The van der Waals surface area contributed by atoms with Crippen molar-refractivity contribution in [1.29, 1.82) is 0 Å². The van der Waals surface area contributed by atoms with Crippen LogP contribution in [-0.4, -0.2) is 24.9 Å². The van der Waals surface area contributed by atoms with Crippen LogP contribution in [0.15, 0.2) is 0 Å². The van der Waals surface area contributed by atoms with E-state index in [-0.39, 0.29) is 23.7 Å². The number of hydrogen-bond donors (Lipinski definition) is 2. The Morgan fingerprint density at radius 2 is 1.59 bits per heavy atom. The fourth-order valence-corrected chi connectivity index (χ4v) is 1.38. The van der Waals surface area contributed by atoms with Crippen LogP contribution in [-0.2, 0) is 9.59 Å². The molecule has 4 heteroatoms. The van der Waals surface area contributed by atoms with Crippen molar-refractivity contribution in [2.24, 2.45) is 11.8 Å². The van der Waals surface area contributed by atoms with Gasteiger partial charge >= 0.3 is 0 Å². The van der Waals surface area contributed by atoms with Gasteiger partial charge in [0.15, 0.2) is 0 Å². The lowest BCUT2D eigenvalue weighted by molar-refractivity contribution is -0.124. The van der Waals surface area contributed by atoms with Crippen LogP contribution in [0.2, 0.25) is 0 Å². The second kappa shape index (κ2) is 9.02. The molecular formula is C13H26N2O2. The number of hydrogen-bond acceptors (Lipinski definition) is 2. The maximum Gasteiger partial charge on any atom is 0.222 e. The molecule has 0 aromatic carbocycles. The Bertz CT molecular complexity index is 240. The molecule has 0 bridgehead atoms. The van der Waals surface area contributed by atoms with Gasteiger partial charge in [-0.15, -0.1) is 0 Å². The summed E-state index contributed by atoms with van der Waals surface area (Å²) in [5, 5.41) is 5.72. The third kappa shape index (κ3) is 7.77. The van der Waals surface area contributed by atoms with Crippen LogP contribution in [0, 0.1) is 11.8 Å². The Morgan fingerprint density at radius 1 is 1.00 bits per heavy atom. The van der Waals surface area contributed by atoms with Crippen LogP contribution < -0.4 is 10.6 Å². The molecule has 1 unspecified atom stereocenters. The lowest BCUT2D eigenvalue weighted by Crippen LogP contribution is -2.31. The van der Waals surface area contributed by atoms with Crippen molar-refractivity contribution in [2.45, 2.75) is 47.0 Å². The molecule has 2 N–H and O–H groups in total. The van der Waals surface area contributed by atoms with Crippen LogP contribution in [0.5, 0.6) is 0 Å². The maximum atomic E-state index is 11.5. The van der Waals surface area contributed by atoms with Gasteiger partial charge in [-0.2, -0.15) is 0 Å². The molecule has 0 aromatic rings. The summed E-state index contributed by atoms with van der Waals surface area (Å²) in [7, 11) is 0. The molecule has 0 radical (unpaired) electrons. The third-order valence-electron chi connectivity index (χ3n) is 2.63. The van der Waals surface area contributed by atoms with Crippen LogP contribution in [0.1, 0.15) is 47.0 Å². The average molecular weight is 242 g/mol. The first-order chi connectivity index (χ1) is 7.99. The zero-order valence-electron chi connectivity index (χ0n) is 11.5. The van der Waals surface area contributed by atoms with E-state index in [2.05, 4.69) is 10.6 Å². The minimum absolute atomic E-state index is 0.0255. The smallest absolute Gasteiger partial charge is 0.222 e. The van der Waals surface area contributed by atoms with Gasteiger partial charge in [-0.3, -0.25) is 9.59 Å². The zero-order valence-corrected chi connectivity index (χ0v) is 11.5. The second-order valence-electron chi connectivity index (χ2n) is 4.78. The summed E-state index contributed by atoms with van der Waals surface area (Å²) in [4.78, 5) is 22.8. The fraction of sp³-hybridized carbons (Fsp3) is 0.846. The van der Waals surface area contributed by atoms with Crippen LogP contribution in [0.3, 0.4) is 0 Å². The van der Waals surface area contributed by atoms with Gasteiger partial charge < -0.3 is 10.6 Å². The largest absolute Gasteiger partial charge is 0.356 e. The van der Waals surface area contributed by atoms with Crippen molar-refractivity contribution in [3.8, 4) is 0 Å². The Labute approximate surface area is 105 Å². The van der Waals surface area contributed by atoms with Crippen LogP contribution in [0.25, 0.3) is 0 Å². The highest BCUT2D eigenvalue weighted by molar-refractivity contribution is 5.78. The maximum absolute atomic E-state index is 11.5. The normalized spacial score (nSPS) is 12.3. The van der Waals surface area contributed by atoms with Gasteiger partial charge in [0.2, 0.25) is 11.8 Å². The van der Waals surface area contributed by atoms with Crippen molar-refractivity contribution in [1.82, 2.24) is 10.6 Å². The molecule has 0 saturated heterocycles. The molecule has 0 aliphatic heterocycles. The minimum Gasteiger partial charge on any atom is -0.356 e. The molecule has 0 heterocycles. The van der Waals surface area contributed by atoms with Gasteiger partial charge in [0, 0.05) is 24.9 Å². The molecule has 0 aliphatic carbocycles. The molecule has 17 heavy (non-hydrogen) atoms. The SMILES string of the molecule is CCCNC(=O)C(C)CCCNC(=O)C(C)C. The molecule has 4 nitrogen and oxygen atoms in total. The van der Waals surface area contributed by atoms with Crippen molar-refractivity contribution >= 4 is 11.8 Å². The van der Waals surface area contributed by atoms with E-state index in [1.165, 1.54) is 0 Å². The Kier molecular flexibility index (Phi) is 8.46. The molecule has 0 rings (SSSR count). The highest BCUT2D eigenvalue weighted by atomic mass is 16.2. The van der Waals surface area contributed by atoms with E-state index in [4.69, 9.17) is 0 Å². The van der Waals surface area contributed by atoms with Crippen molar-refractivity contribution < 1.29 is 9.59 Å². The first kappa shape index (κ1) is 15.9. The topological polar surface area (TPSA) is 58.2 Å². The molecule has 0 saturated carbocycles. The number of nitrogens with one attached hydrogen (secondary N) is 2. The fourth-order valence-electron chi connectivity index (χ4n) is 1.38. The van der Waals surface area contributed by atoms with Gasteiger partial charge in [0.25, 0.3) is 0 Å². The molecule has 100 valence electrons. The lowest BCUT2D eigenvalue weighted by Gasteiger charge is -2.12. The van der Waals surface area contributed by atoms with E-state index < -0.39 is 0 Å². The van der Waals surface area contributed by atoms with E-state index >= 15 is 0 Å². The highest BCUT2D eigenvalue weighted by Gasteiger charge is 2.12. The summed E-state index contributed by atoms with van der Waals surface area (Å²) in [6.07, 6.45) is 2.62. The standard InChI is InChI=1S/C13H26N2O2/c1-5-8-14-13(17)11(4)7-6-9-15-12(16)10(2)3/h10-11H,5-9H2,1-4H3,(H,14,17)(H,15,16). The van der Waals surface area contributed by atoms with E-state index in [0.29, 0.717) is 6.54 Å². The predicted molar refractivity (Wildman–Crippen MR) is 69.5 cm³/mol. The van der Waals surface area contributed by atoms with Gasteiger partial charge in [-0.1, -0.05) is 27.7 Å². The van der Waals surface area contributed by atoms with Gasteiger partial charge in [0.05, 0.1) is 0 Å². The van der Waals surface area contributed by atoms with Crippen molar-refractivity contribution in [3.05, 3.63) is 0 Å². The number of amides is 2. The van der Waals surface area contributed by atoms with E-state index in [9.17, 15) is 9.59 Å². The third-order valence-corrected chi connectivity index (χ3v) is 2.63. The Hall–Kier alpha value is -1.06.